The Morgan fingerprint density at radius 1 is 1.02 bits per heavy atom. The van der Waals surface area contributed by atoms with E-state index in [2.05, 4.69) is 10.3 Å². The van der Waals surface area contributed by atoms with Crippen LogP contribution in [0, 0.1) is 0 Å². The number of halogens is 1. The van der Waals surface area contributed by atoms with E-state index in [0.717, 1.165) is 16.6 Å². The summed E-state index contributed by atoms with van der Waals surface area (Å²) in [7, 11) is -4.40. The number of nitrogens with zero attached hydrogens (tertiary/aromatic N) is 3. The number of hydrogen-bond acceptors (Lipinski definition) is 5. The quantitative estimate of drug-likeness (QED) is 0.147. The average molecular weight is 593 g/mol. The molecule has 0 radical (unpaired) electrons. The minimum Gasteiger partial charge on any atom is -0.427 e. The maximum Gasteiger partial charge on any atom is 0.335 e. The Morgan fingerprint density at radius 2 is 1.71 bits per heavy atom. The SMILES string of the molecule is CCC(CC)(c1ccc(NC(=O)CCc2oc(-n3cnc4ccccc43)nc2-c2ccc(Cl)cc2)cc1)P(=O)(O)O. The molecule has 0 aliphatic rings. The van der Waals surface area contributed by atoms with Crippen LogP contribution in [-0.4, -0.2) is 30.2 Å². The number of amides is 1. The van der Waals surface area contributed by atoms with Gasteiger partial charge in [-0.25, -0.2) is 4.98 Å². The lowest BCUT2D eigenvalue weighted by Crippen LogP contribution is -2.24. The molecule has 0 aliphatic carbocycles. The predicted octanol–water partition coefficient (Wildman–Crippen LogP) is 7.10. The third-order valence-corrected chi connectivity index (χ3v) is 9.73. The van der Waals surface area contributed by atoms with Gasteiger partial charge in [0.05, 0.1) is 16.2 Å². The number of aryl methyl sites for hydroxylation is 1. The van der Waals surface area contributed by atoms with Crippen LogP contribution in [0.25, 0.3) is 28.3 Å². The fourth-order valence-electron chi connectivity index (χ4n) is 5.11. The number of aromatic nitrogens is 3. The standard InChI is InChI=1S/C30H30ClN4O5P/c1-3-30(4-2,41(37,38)39)21-11-15-23(16-12-21)33-27(36)18-17-26-28(20-9-13-22(31)14-10-20)34-29(40-26)35-19-32-24-7-5-6-8-25(24)35/h5-16,19H,3-4,17-18H2,1-2H3,(H,33,36)(H2,37,38,39). The second kappa shape index (κ2) is 11.6. The van der Waals surface area contributed by atoms with Crippen LogP contribution < -0.4 is 5.32 Å². The summed E-state index contributed by atoms with van der Waals surface area (Å²) >= 11 is 6.10. The second-order valence-corrected chi connectivity index (χ2v) is 12.2. The Balaban J connectivity index is 1.36. The first-order valence-corrected chi connectivity index (χ1v) is 15.3. The first kappa shape index (κ1) is 28.8. The molecule has 0 atom stereocenters. The van der Waals surface area contributed by atoms with Crippen molar-refractivity contribution in [2.24, 2.45) is 0 Å². The zero-order chi connectivity index (χ0) is 29.2. The van der Waals surface area contributed by atoms with E-state index in [0.29, 0.717) is 46.6 Å². The molecule has 0 aliphatic heterocycles. The van der Waals surface area contributed by atoms with Crippen molar-refractivity contribution in [1.29, 1.82) is 0 Å². The van der Waals surface area contributed by atoms with Gasteiger partial charge in [0, 0.05) is 29.1 Å². The number of fused-ring (bicyclic) bond motifs is 1. The van der Waals surface area contributed by atoms with Gasteiger partial charge in [-0.15, -0.1) is 0 Å². The van der Waals surface area contributed by atoms with Crippen LogP contribution in [0.15, 0.2) is 83.5 Å². The Labute approximate surface area is 242 Å². The molecule has 11 heteroatoms. The van der Waals surface area contributed by atoms with Gasteiger partial charge >= 0.3 is 13.6 Å². The summed E-state index contributed by atoms with van der Waals surface area (Å²) in [6, 6.07) is 21.9. The van der Waals surface area contributed by atoms with Gasteiger partial charge in [-0.3, -0.25) is 13.9 Å². The molecule has 41 heavy (non-hydrogen) atoms. The van der Waals surface area contributed by atoms with E-state index in [1.54, 1.807) is 61.1 Å². The van der Waals surface area contributed by atoms with E-state index in [1.165, 1.54) is 0 Å². The topological polar surface area (TPSA) is 130 Å². The number of benzene rings is 3. The molecule has 0 unspecified atom stereocenters. The summed E-state index contributed by atoms with van der Waals surface area (Å²) in [5.74, 6) is 0.306. The molecule has 0 bridgehead atoms. The lowest BCUT2D eigenvalue weighted by molar-refractivity contribution is -0.116. The summed E-state index contributed by atoms with van der Waals surface area (Å²) in [6.45, 7) is 3.53. The van der Waals surface area contributed by atoms with Crippen LogP contribution in [0.3, 0.4) is 0 Å². The number of para-hydroxylation sites is 2. The number of carbonyl (C=O) groups excluding carboxylic acids is 1. The molecular weight excluding hydrogens is 563 g/mol. The molecule has 0 fully saturated rings. The van der Waals surface area contributed by atoms with E-state index in [1.807, 2.05) is 36.4 Å². The zero-order valence-corrected chi connectivity index (χ0v) is 24.3. The normalized spacial score (nSPS) is 12.1. The molecule has 3 N–H and O–H groups in total. The minimum absolute atomic E-state index is 0.123. The summed E-state index contributed by atoms with van der Waals surface area (Å²) in [4.78, 5) is 42.1. The van der Waals surface area contributed by atoms with Crippen LogP contribution in [0.2, 0.25) is 5.02 Å². The molecule has 0 saturated carbocycles. The Kier molecular flexibility index (Phi) is 8.16. The lowest BCUT2D eigenvalue weighted by Gasteiger charge is -2.33. The lowest BCUT2D eigenvalue weighted by atomic mass is 9.92. The Hall–Kier alpha value is -3.75. The van der Waals surface area contributed by atoms with Gasteiger partial charge < -0.3 is 19.5 Å². The highest BCUT2D eigenvalue weighted by Crippen LogP contribution is 2.60. The second-order valence-electron chi connectivity index (χ2n) is 9.79. The van der Waals surface area contributed by atoms with Crippen LogP contribution in [0.4, 0.5) is 5.69 Å². The van der Waals surface area contributed by atoms with E-state index >= 15 is 0 Å². The zero-order valence-electron chi connectivity index (χ0n) is 22.6. The largest absolute Gasteiger partial charge is 0.427 e. The van der Waals surface area contributed by atoms with Crippen molar-refractivity contribution in [1.82, 2.24) is 14.5 Å². The number of imidazole rings is 1. The molecule has 1 amide bonds. The van der Waals surface area contributed by atoms with Crippen molar-refractivity contribution in [2.45, 2.75) is 44.7 Å². The highest BCUT2D eigenvalue weighted by Gasteiger charge is 2.45. The van der Waals surface area contributed by atoms with Crippen molar-refractivity contribution in [3.05, 3.63) is 95.5 Å². The maximum absolute atomic E-state index is 12.9. The Morgan fingerprint density at radius 3 is 2.37 bits per heavy atom. The summed E-state index contributed by atoms with van der Waals surface area (Å²) in [6.07, 6.45) is 2.65. The number of anilines is 1. The van der Waals surface area contributed by atoms with Gasteiger partial charge in [0.25, 0.3) is 0 Å². The van der Waals surface area contributed by atoms with E-state index in [-0.39, 0.29) is 18.7 Å². The van der Waals surface area contributed by atoms with Crippen LogP contribution in [0.5, 0.6) is 0 Å². The maximum atomic E-state index is 12.9. The van der Waals surface area contributed by atoms with Gasteiger partial charge in [-0.05, 0) is 54.8 Å². The summed E-state index contributed by atoms with van der Waals surface area (Å²) in [5, 5.41) is 2.21. The number of carbonyl (C=O) groups is 1. The van der Waals surface area contributed by atoms with Crippen LogP contribution >= 0.6 is 19.2 Å². The van der Waals surface area contributed by atoms with Crippen molar-refractivity contribution >= 4 is 41.8 Å². The van der Waals surface area contributed by atoms with Crippen molar-refractivity contribution in [2.75, 3.05) is 5.32 Å². The fraction of sp³-hybridized carbons (Fsp3) is 0.233. The van der Waals surface area contributed by atoms with E-state index in [9.17, 15) is 19.1 Å². The highest BCUT2D eigenvalue weighted by atomic mass is 35.5. The number of oxazole rings is 1. The van der Waals surface area contributed by atoms with Crippen LogP contribution in [-0.2, 0) is 20.9 Å². The first-order chi connectivity index (χ1) is 19.6. The molecule has 9 nitrogen and oxygen atoms in total. The molecule has 212 valence electrons. The molecule has 2 aromatic heterocycles. The molecule has 0 spiro atoms. The van der Waals surface area contributed by atoms with E-state index < -0.39 is 12.8 Å². The minimum atomic E-state index is -4.40. The van der Waals surface area contributed by atoms with Gasteiger partial charge in [-0.2, -0.15) is 4.98 Å². The molecule has 3 aromatic carbocycles. The average Bonchev–Trinajstić information content (AvgIpc) is 3.58. The molecular formula is C30H30ClN4O5P. The van der Waals surface area contributed by atoms with Crippen molar-refractivity contribution < 1.29 is 23.6 Å². The molecule has 0 saturated heterocycles. The monoisotopic (exact) mass is 592 g/mol. The first-order valence-electron chi connectivity index (χ1n) is 13.3. The Bertz CT molecular complexity index is 1720. The fourth-order valence-corrected chi connectivity index (χ4v) is 6.54. The van der Waals surface area contributed by atoms with Crippen molar-refractivity contribution in [3.63, 3.8) is 0 Å². The summed E-state index contributed by atoms with van der Waals surface area (Å²) < 4.78 is 20.2. The third-order valence-electron chi connectivity index (χ3n) is 7.48. The van der Waals surface area contributed by atoms with E-state index in [4.69, 9.17) is 21.0 Å². The molecule has 5 aromatic rings. The molecule has 2 heterocycles. The number of hydrogen-bond donors (Lipinski definition) is 3. The highest BCUT2D eigenvalue weighted by molar-refractivity contribution is 7.53. The summed E-state index contributed by atoms with van der Waals surface area (Å²) in [5.41, 5.74) is 4.15. The van der Waals surface area contributed by atoms with Gasteiger partial charge in [0.2, 0.25) is 5.91 Å². The smallest absolute Gasteiger partial charge is 0.335 e. The third kappa shape index (κ3) is 5.72. The van der Waals surface area contributed by atoms with Gasteiger partial charge in [-0.1, -0.05) is 61.8 Å². The number of nitrogens with one attached hydrogen (secondary N) is 1. The van der Waals surface area contributed by atoms with Gasteiger partial charge in [0.15, 0.2) is 0 Å². The molecule has 5 rings (SSSR count). The van der Waals surface area contributed by atoms with Crippen LogP contribution in [0.1, 0.15) is 44.4 Å². The number of rotatable bonds is 10. The van der Waals surface area contributed by atoms with Crippen molar-refractivity contribution in [3.8, 4) is 17.3 Å². The van der Waals surface area contributed by atoms with Gasteiger partial charge in [0.1, 0.15) is 17.8 Å². The predicted molar refractivity (Wildman–Crippen MR) is 159 cm³/mol.